The molecule has 0 radical (unpaired) electrons. The minimum absolute atomic E-state index is 0.0986. The Bertz CT molecular complexity index is 1910. The maximum Gasteiger partial charge on any atom is 0.416 e. The van der Waals surface area contributed by atoms with Crippen molar-refractivity contribution >= 4 is 17.9 Å². The Balaban J connectivity index is 1.41. The molecule has 0 bridgehead atoms. The molecule has 2 amide bonds. The summed E-state index contributed by atoms with van der Waals surface area (Å²) in [4.78, 5) is 38.0. The predicted octanol–water partition coefficient (Wildman–Crippen LogP) is 7.10. The number of amides is 2. The van der Waals surface area contributed by atoms with Crippen LogP contribution in [0.25, 0.3) is 17.3 Å². The molecule has 1 atom stereocenters. The first kappa shape index (κ1) is 37.7. The quantitative estimate of drug-likeness (QED) is 0.117. The summed E-state index contributed by atoms with van der Waals surface area (Å²) in [5.74, 6) is 0.432. The van der Waals surface area contributed by atoms with E-state index in [-0.39, 0.29) is 25.5 Å². The van der Waals surface area contributed by atoms with Crippen LogP contribution in [0.2, 0.25) is 0 Å². The van der Waals surface area contributed by atoms with E-state index in [9.17, 15) is 27.9 Å². The monoisotopic (exact) mass is 710 g/mol. The second kappa shape index (κ2) is 17.6. The second-order valence-corrected chi connectivity index (χ2v) is 12.6. The van der Waals surface area contributed by atoms with E-state index in [1.165, 1.54) is 29.2 Å². The van der Waals surface area contributed by atoms with Gasteiger partial charge in [0, 0.05) is 50.9 Å². The number of likely N-dealkylation sites (N-methyl/N-ethyl adjacent to an activating group) is 2. The second-order valence-electron chi connectivity index (χ2n) is 12.6. The third-order valence-electron chi connectivity index (χ3n) is 8.63. The van der Waals surface area contributed by atoms with E-state index in [0.29, 0.717) is 36.7 Å². The van der Waals surface area contributed by atoms with Crippen LogP contribution in [-0.2, 0) is 41.9 Å². The third-order valence-corrected chi connectivity index (χ3v) is 8.63. The molecule has 8 nitrogen and oxygen atoms in total. The van der Waals surface area contributed by atoms with Crippen molar-refractivity contribution in [2.24, 2.45) is 0 Å². The first-order valence-electron chi connectivity index (χ1n) is 16.8. The van der Waals surface area contributed by atoms with E-state index in [2.05, 4.69) is 4.98 Å². The molecule has 0 saturated heterocycles. The summed E-state index contributed by atoms with van der Waals surface area (Å²) in [5, 5.41) is 9.32. The van der Waals surface area contributed by atoms with E-state index in [4.69, 9.17) is 4.42 Å². The summed E-state index contributed by atoms with van der Waals surface area (Å²) in [6, 6.07) is 29.8. The Morgan fingerprint density at radius 1 is 0.808 bits per heavy atom. The van der Waals surface area contributed by atoms with Crippen LogP contribution >= 0.6 is 0 Å². The van der Waals surface area contributed by atoms with Crippen LogP contribution < -0.4 is 0 Å². The molecule has 0 unspecified atom stereocenters. The van der Waals surface area contributed by atoms with Crippen molar-refractivity contribution < 1.29 is 32.3 Å². The van der Waals surface area contributed by atoms with E-state index in [1.807, 2.05) is 84.7 Å². The molecular formula is C41H41F3N4O4. The SMILES string of the molecule is CN(CCN(C)C(=O)[C@H](Cc1ccccc1)N(Cc1ccc(-c2ccccn2)cc1)C(=O)/C=C/c1ccc(C(F)(F)F)cc1)Cc1ccc(CO)o1. The van der Waals surface area contributed by atoms with Crippen molar-refractivity contribution in [1.29, 1.82) is 0 Å². The minimum Gasteiger partial charge on any atom is -0.462 e. The summed E-state index contributed by atoms with van der Waals surface area (Å²) in [7, 11) is 3.60. The molecule has 270 valence electrons. The minimum atomic E-state index is -4.48. The fraction of sp³-hybridized carbons (Fsp3) is 0.244. The molecule has 5 aromatic rings. The number of benzene rings is 3. The van der Waals surface area contributed by atoms with Gasteiger partial charge in [-0.1, -0.05) is 72.8 Å². The molecule has 0 spiro atoms. The molecule has 52 heavy (non-hydrogen) atoms. The number of nitrogens with zero attached hydrogens (tertiary/aromatic N) is 4. The van der Waals surface area contributed by atoms with Crippen molar-refractivity contribution in [1.82, 2.24) is 19.7 Å². The zero-order valence-corrected chi connectivity index (χ0v) is 29.0. The number of carbonyl (C=O) groups is 2. The van der Waals surface area contributed by atoms with Gasteiger partial charge in [0.1, 0.15) is 24.2 Å². The average molecular weight is 711 g/mol. The Hall–Kier alpha value is -5.52. The molecule has 5 rings (SSSR count). The number of hydrogen-bond acceptors (Lipinski definition) is 6. The first-order valence-corrected chi connectivity index (χ1v) is 16.8. The third kappa shape index (κ3) is 10.5. The van der Waals surface area contributed by atoms with E-state index >= 15 is 0 Å². The van der Waals surface area contributed by atoms with Crippen molar-refractivity contribution in [3.63, 3.8) is 0 Å². The van der Waals surface area contributed by atoms with Crippen LogP contribution in [-0.4, -0.2) is 69.8 Å². The number of halogens is 3. The molecule has 1 N–H and O–H groups in total. The summed E-state index contributed by atoms with van der Waals surface area (Å²) in [6.07, 6.45) is 0.231. The van der Waals surface area contributed by atoms with Gasteiger partial charge in [0.2, 0.25) is 11.8 Å². The number of aromatic nitrogens is 1. The van der Waals surface area contributed by atoms with Crippen molar-refractivity contribution in [3.8, 4) is 11.3 Å². The Kier molecular flexibility index (Phi) is 12.8. The van der Waals surface area contributed by atoms with Crippen LogP contribution in [0.5, 0.6) is 0 Å². The zero-order valence-electron chi connectivity index (χ0n) is 29.0. The van der Waals surface area contributed by atoms with Crippen LogP contribution in [0, 0.1) is 0 Å². The number of aliphatic hydroxyl groups excluding tert-OH is 1. The number of furan rings is 1. The molecule has 2 aromatic heterocycles. The standard InChI is InChI=1S/C41H41F3N4O4/c1-46(28-35-20-21-36(29-49)52-35)24-25-47(2)40(51)38(26-31-8-4-3-5-9-31)48(27-32-11-16-33(17-12-32)37-10-6-7-23-45-37)39(50)22-15-30-13-18-34(19-14-30)41(42,43)44/h3-23,38,49H,24-29H2,1-2H3/b22-15+/t38-/m0/s1. The van der Waals surface area contributed by atoms with Crippen LogP contribution in [0.1, 0.15) is 33.8 Å². The van der Waals surface area contributed by atoms with Gasteiger partial charge in [-0.25, -0.2) is 0 Å². The van der Waals surface area contributed by atoms with Crippen molar-refractivity contribution in [3.05, 3.63) is 155 Å². The molecule has 3 aromatic carbocycles. The van der Waals surface area contributed by atoms with Crippen LogP contribution in [0.15, 0.2) is 126 Å². The summed E-state index contributed by atoms with van der Waals surface area (Å²) in [6.45, 7) is 1.25. The molecule has 0 fully saturated rings. The fourth-order valence-corrected chi connectivity index (χ4v) is 5.69. The van der Waals surface area contributed by atoms with E-state index < -0.39 is 23.7 Å². The lowest BCUT2D eigenvalue weighted by Gasteiger charge is -2.34. The van der Waals surface area contributed by atoms with Gasteiger partial charge in [-0.3, -0.25) is 19.5 Å². The molecule has 2 heterocycles. The van der Waals surface area contributed by atoms with Gasteiger partial charge in [-0.2, -0.15) is 13.2 Å². The average Bonchev–Trinajstić information content (AvgIpc) is 3.62. The van der Waals surface area contributed by atoms with Crippen molar-refractivity contribution in [2.45, 2.75) is 38.3 Å². The van der Waals surface area contributed by atoms with Crippen LogP contribution in [0.4, 0.5) is 13.2 Å². The predicted molar refractivity (Wildman–Crippen MR) is 193 cm³/mol. The molecule has 0 aliphatic heterocycles. The van der Waals surface area contributed by atoms with Crippen LogP contribution in [0.3, 0.4) is 0 Å². The van der Waals surface area contributed by atoms with Gasteiger partial charge in [0.25, 0.3) is 0 Å². The summed E-state index contributed by atoms with van der Waals surface area (Å²) >= 11 is 0. The topological polar surface area (TPSA) is 90.1 Å². The van der Waals surface area contributed by atoms with Gasteiger partial charge in [-0.05, 0) is 66.2 Å². The smallest absolute Gasteiger partial charge is 0.416 e. The maximum absolute atomic E-state index is 14.4. The number of pyridine rings is 1. The molecule has 11 heteroatoms. The number of carbonyl (C=O) groups excluding carboxylic acids is 2. The highest BCUT2D eigenvalue weighted by molar-refractivity contribution is 5.95. The van der Waals surface area contributed by atoms with Gasteiger partial charge in [0.15, 0.2) is 0 Å². The fourth-order valence-electron chi connectivity index (χ4n) is 5.69. The van der Waals surface area contributed by atoms with Gasteiger partial charge in [-0.15, -0.1) is 0 Å². The lowest BCUT2D eigenvalue weighted by molar-refractivity contribution is -0.143. The van der Waals surface area contributed by atoms with E-state index in [1.54, 1.807) is 30.3 Å². The number of alkyl halides is 3. The number of rotatable bonds is 15. The number of hydrogen-bond donors (Lipinski definition) is 1. The highest BCUT2D eigenvalue weighted by atomic mass is 19.4. The van der Waals surface area contributed by atoms with E-state index in [0.717, 1.165) is 34.5 Å². The normalized spacial score (nSPS) is 12.3. The lowest BCUT2D eigenvalue weighted by atomic mass is 10.0. The molecular weight excluding hydrogens is 669 g/mol. The molecule has 0 aliphatic carbocycles. The Morgan fingerprint density at radius 3 is 2.13 bits per heavy atom. The van der Waals surface area contributed by atoms with Crippen molar-refractivity contribution in [2.75, 3.05) is 27.2 Å². The Labute approximate surface area is 301 Å². The summed E-state index contributed by atoms with van der Waals surface area (Å²) in [5.41, 5.74) is 2.96. The summed E-state index contributed by atoms with van der Waals surface area (Å²) < 4.78 is 45.1. The van der Waals surface area contributed by atoms with Gasteiger partial charge >= 0.3 is 6.18 Å². The number of aliphatic hydroxyl groups is 1. The van der Waals surface area contributed by atoms with Gasteiger partial charge < -0.3 is 19.3 Å². The molecule has 0 aliphatic rings. The first-order chi connectivity index (χ1) is 25.0. The maximum atomic E-state index is 14.4. The van der Waals surface area contributed by atoms with Gasteiger partial charge in [0.05, 0.1) is 17.8 Å². The Morgan fingerprint density at radius 2 is 1.50 bits per heavy atom. The molecule has 0 saturated carbocycles. The highest BCUT2D eigenvalue weighted by Crippen LogP contribution is 2.29. The highest BCUT2D eigenvalue weighted by Gasteiger charge is 2.32. The largest absolute Gasteiger partial charge is 0.462 e. The lowest BCUT2D eigenvalue weighted by Crippen LogP contribution is -2.51. The zero-order chi connectivity index (χ0) is 37.1.